The van der Waals surface area contributed by atoms with Crippen molar-refractivity contribution in [2.24, 2.45) is 0 Å². The van der Waals surface area contributed by atoms with E-state index in [4.69, 9.17) is 21.8 Å². The van der Waals surface area contributed by atoms with Crippen LogP contribution in [0.2, 0.25) is 5.02 Å². The highest BCUT2D eigenvalue weighted by Gasteiger charge is 2.18. The highest BCUT2D eigenvalue weighted by atomic mass is 35.5. The molecule has 0 atom stereocenters. The predicted octanol–water partition coefficient (Wildman–Crippen LogP) is 1.76. The Balaban J connectivity index is 2.57. The molecule has 0 fully saturated rings. The molecule has 0 aromatic carbocycles. The van der Waals surface area contributed by atoms with Gasteiger partial charge in [0.15, 0.2) is 17.8 Å². The summed E-state index contributed by atoms with van der Waals surface area (Å²) >= 11 is 5.87. The number of hydrogen-bond donors (Lipinski definition) is 1. The van der Waals surface area contributed by atoms with E-state index in [1.165, 1.54) is 25.8 Å². The lowest BCUT2D eigenvalue weighted by molar-refractivity contribution is 0.0594. The fraction of sp³-hybridized carbons (Fsp3) is 0.100. The van der Waals surface area contributed by atoms with Crippen molar-refractivity contribution in [2.45, 2.75) is 0 Å². The number of aromatic nitrogens is 2. The van der Waals surface area contributed by atoms with Crippen molar-refractivity contribution < 1.29 is 13.9 Å². The van der Waals surface area contributed by atoms with Gasteiger partial charge in [-0.2, -0.15) is 0 Å². The first-order valence-electron chi connectivity index (χ1n) is 4.56. The second-order valence-electron chi connectivity index (χ2n) is 3.12. The molecule has 0 aliphatic heterocycles. The molecule has 2 aromatic heterocycles. The number of anilines is 1. The number of halogens is 1. The van der Waals surface area contributed by atoms with Crippen molar-refractivity contribution >= 4 is 23.3 Å². The van der Waals surface area contributed by atoms with E-state index in [-0.39, 0.29) is 16.4 Å². The second kappa shape index (κ2) is 4.42. The normalized spacial score (nSPS) is 10.2. The summed E-state index contributed by atoms with van der Waals surface area (Å²) in [5.74, 6) is -0.276. The number of carbonyl (C=O) groups is 1. The molecule has 7 heteroatoms. The Hall–Kier alpha value is -2.08. The molecule has 2 rings (SSSR count). The number of hydrogen-bond acceptors (Lipinski definition) is 6. The Morgan fingerprint density at radius 3 is 2.94 bits per heavy atom. The molecule has 6 nitrogen and oxygen atoms in total. The number of methoxy groups -OCH3 is 1. The average Bonchev–Trinajstić information content (AvgIpc) is 2.85. The maximum atomic E-state index is 11.4. The summed E-state index contributed by atoms with van der Waals surface area (Å²) in [5.41, 5.74) is 6.20. The van der Waals surface area contributed by atoms with Gasteiger partial charge in [0.05, 0.1) is 24.0 Å². The SMILES string of the molecule is COC(=O)c1nc(-c2cnco2)cc(N)c1Cl. The van der Waals surface area contributed by atoms with Gasteiger partial charge in [0.25, 0.3) is 0 Å². The topological polar surface area (TPSA) is 91.2 Å². The summed E-state index contributed by atoms with van der Waals surface area (Å²) in [5, 5.41) is 0.0557. The minimum absolute atomic E-state index is 0.0550. The van der Waals surface area contributed by atoms with Crippen LogP contribution in [0.25, 0.3) is 11.5 Å². The molecule has 17 heavy (non-hydrogen) atoms. The largest absolute Gasteiger partial charge is 0.464 e. The van der Waals surface area contributed by atoms with Crippen LogP contribution < -0.4 is 5.73 Å². The summed E-state index contributed by atoms with van der Waals surface area (Å²) in [6.45, 7) is 0. The number of nitrogen functional groups attached to an aromatic ring is 1. The van der Waals surface area contributed by atoms with Crippen LogP contribution in [-0.2, 0) is 4.74 Å². The summed E-state index contributed by atoms with van der Waals surface area (Å²) in [6.07, 6.45) is 2.70. The lowest BCUT2D eigenvalue weighted by atomic mass is 10.2. The second-order valence-corrected chi connectivity index (χ2v) is 3.49. The third-order valence-corrected chi connectivity index (χ3v) is 2.45. The third-order valence-electron chi connectivity index (χ3n) is 2.05. The molecule has 2 N–H and O–H groups in total. The zero-order chi connectivity index (χ0) is 12.4. The molecule has 0 unspecified atom stereocenters. The molecule has 0 bridgehead atoms. The van der Waals surface area contributed by atoms with Crippen LogP contribution in [0, 0.1) is 0 Å². The van der Waals surface area contributed by atoms with E-state index in [1.807, 2.05) is 0 Å². The first-order valence-corrected chi connectivity index (χ1v) is 4.94. The Morgan fingerprint density at radius 2 is 2.35 bits per heavy atom. The van der Waals surface area contributed by atoms with Gasteiger partial charge in [0.1, 0.15) is 5.69 Å². The maximum Gasteiger partial charge on any atom is 0.358 e. The van der Waals surface area contributed by atoms with Crippen molar-refractivity contribution in [2.75, 3.05) is 12.8 Å². The lowest BCUT2D eigenvalue weighted by Crippen LogP contribution is -2.07. The van der Waals surface area contributed by atoms with Gasteiger partial charge < -0.3 is 14.9 Å². The van der Waals surface area contributed by atoms with Crippen molar-refractivity contribution in [1.29, 1.82) is 0 Å². The van der Waals surface area contributed by atoms with Crippen molar-refractivity contribution in [1.82, 2.24) is 9.97 Å². The molecule has 0 aliphatic carbocycles. The van der Waals surface area contributed by atoms with Crippen LogP contribution in [0.3, 0.4) is 0 Å². The van der Waals surface area contributed by atoms with E-state index in [2.05, 4.69) is 14.7 Å². The Kier molecular flexibility index (Phi) is 2.97. The van der Waals surface area contributed by atoms with Gasteiger partial charge in [-0.15, -0.1) is 0 Å². The highest BCUT2D eigenvalue weighted by molar-refractivity contribution is 6.35. The van der Waals surface area contributed by atoms with Gasteiger partial charge in [-0.05, 0) is 6.07 Å². The number of esters is 1. The summed E-state index contributed by atoms with van der Waals surface area (Å²) in [4.78, 5) is 19.2. The van der Waals surface area contributed by atoms with E-state index in [1.54, 1.807) is 0 Å². The van der Waals surface area contributed by atoms with E-state index in [0.717, 1.165) is 0 Å². The van der Waals surface area contributed by atoms with E-state index >= 15 is 0 Å². The number of oxazole rings is 1. The fourth-order valence-corrected chi connectivity index (χ4v) is 1.42. The first kappa shape index (κ1) is 11.4. The van der Waals surface area contributed by atoms with Gasteiger partial charge in [-0.1, -0.05) is 11.6 Å². The summed E-state index contributed by atoms with van der Waals surface area (Å²) in [6, 6.07) is 1.50. The van der Waals surface area contributed by atoms with Crippen molar-refractivity contribution in [3.63, 3.8) is 0 Å². The molecule has 88 valence electrons. The van der Waals surface area contributed by atoms with Crippen LogP contribution in [-0.4, -0.2) is 23.0 Å². The maximum absolute atomic E-state index is 11.4. The molecule has 0 saturated carbocycles. The molecule has 2 heterocycles. The van der Waals surface area contributed by atoms with Crippen LogP contribution >= 0.6 is 11.6 Å². The smallest absolute Gasteiger partial charge is 0.358 e. The highest BCUT2D eigenvalue weighted by Crippen LogP contribution is 2.28. The average molecular weight is 254 g/mol. The first-order chi connectivity index (χ1) is 8.13. The molecule has 0 radical (unpaired) electrons. The van der Waals surface area contributed by atoms with Gasteiger partial charge in [-0.3, -0.25) is 0 Å². The molecule has 0 amide bonds. The number of carbonyl (C=O) groups excluding carboxylic acids is 1. The van der Waals surface area contributed by atoms with E-state index in [0.29, 0.717) is 11.5 Å². The minimum atomic E-state index is -0.664. The van der Waals surface area contributed by atoms with Crippen molar-refractivity contribution in [3.05, 3.63) is 29.4 Å². The number of nitrogens with zero attached hydrogens (tertiary/aromatic N) is 2. The summed E-state index contributed by atoms with van der Waals surface area (Å²) in [7, 11) is 1.23. The van der Waals surface area contributed by atoms with Crippen LogP contribution in [0.5, 0.6) is 0 Å². The van der Waals surface area contributed by atoms with Crippen LogP contribution in [0.4, 0.5) is 5.69 Å². The summed E-state index contributed by atoms with van der Waals surface area (Å²) < 4.78 is 9.62. The van der Waals surface area contributed by atoms with Gasteiger partial charge in [-0.25, -0.2) is 14.8 Å². The zero-order valence-corrected chi connectivity index (χ0v) is 9.56. The predicted molar refractivity (Wildman–Crippen MR) is 60.5 cm³/mol. The number of pyridine rings is 1. The minimum Gasteiger partial charge on any atom is -0.464 e. The monoisotopic (exact) mass is 253 g/mol. The van der Waals surface area contributed by atoms with Crippen LogP contribution in [0.1, 0.15) is 10.5 Å². The molecular weight excluding hydrogens is 246 g/mol. The molecule has 0 saturated heterocycles. The quantitative estimate of drug-likeness (QED) is 0.820. The third kappa shape index (κ3) is 2.07. The lowest BCUT2D eigenvalue weighted by Gasteiger charge is -2.06. The Morgan fingerprint density at radius 1 is 1.59 bits per heavy atom. The molecule has 0 spiro atoms. The number of rotatable bonds is 2. The number of ether oxygens (including phenoxy) is 1. The van der Waals surface area contributed by atoms with Crippen molar-refractivity contribution in [3.8, 4) is 11.5 Å². The standard InChI is InChI=1S/C10H8ClN3O3/c1-16-10(15)9-8(11)5(12)2-6(14-9)7-3-13-4-17-7/h2-4H,1H3,(H2,12,14). The zero-order valence-electron chi connectivity index (χ0n) is 8.81. The Bertz CT molecular complexity index is 554. The fourth-order valence-electron chi connectivity index (χ4n) is 1.25. The van der Waals surface area contributed by atoms with E-state index in [9.17, 15) is 4.79 Å². The van der Waals surface area contributed by atoms with Gasteiger partial charge >= 0.3 is 5.97 Å². The van der Waals surface area contributed by atoms with E-state index < -0.39 is 5.97 Å². The van der Waals surface area contributed by atoms with Gasteiger partial charge in [0.2, 0.25) is 0 Å². The molecule has 0 aliphatic rings. The van der Waals surface area contributed by atoms with Gasteiger partial charge in [0, 0.05) is 0 Å². The Labute approximate surface area is 101 Å². The van der Waals surface area contributed by atoms with Crippen LogP contribution in [0.15, 0.2) is 23.1 Å². The number of nitrogens with two attached hydrogens (primary N) is 1. The molecular formula is C10H8ClN3O3. The molecule has 2 aromatic rings.